The molecule has 2 N–H and O–H groups in total. The fourth-order valence-corrected chi connectivity index (χ4v) is 1.86. The maximum absolute atomic E-state index is 10.4. The molecule has 4 heteroatoms. The Morgan fingerprint density at radius 3 is 2.93 bits per heavy atom. The average Bonchev–Trinajstić information content (AvgIpc) is 2.51. The van der Waals surface area contributed by atoms with E-state index in [0.29, 0.717) is 13.1 Å². The van der Waals surface area contributed by atoms with Crippen LogP contribution >= 0.6 is 11.3 Å². The number of thiophene rings is 1. The van der Waals surface area contributed by atoms with Crippen molar-refractivity contribution in [2.45, 2.75) is 13.5 Å². The summed E-state index contributed by atoms with van der Waals surface area (Å²) < 4.78 is 0. The molecule has 1 aromatic heterocycles. The fourth-order valence-electron chi connectivity index (χ4n) is 0.988. The number of aliphatic carboxylic acids is 1. The van der Waals surface area contributed by atoms with Gasteiger partial charge in [0.2, 0.25) is 0 Å². The van der Waals surface area contributed by atoms with Crippen molar-refractivity contribution in [2.24, 2.45) is 0 Å². The van der Waals surface area contributed by atoms with E-state index in [1.807, 2.05) is 18.4 Å². The van der Waals surface area contributed by atoms with E-state index in [2.05, 4.69) is 11.9 Å². The van der Waals surface area contributed by atoms with E-state index < -0.39 is 5.97 Å². The van der Waals surface area contributed by atoms with Gasteiger partial charge in [-0.25, -0.2) is 4.79 Å². The number of hydrogen-bond acceptors (Lipinski definition) is 3. The third kappa shape index (κ3) is 2.97. The number of hydrogen-bond donors (Lipinski definition) is 2. The van der Waals surface area contributed by atoms with Crippen LogP contribution in [0.5, 0.6) is 0 Å². The lowest BCUT2D eigenvalue weighted by molar-refractivity contribution is -0.132. The molecule has 0 saturated carbocycles. The summed E-state index contributed by atoms with van der Waals surface area (Å²) in [6, 6.07) is 2.05. The Morgan fingerprint density at radius 1 is 1.71 bits per heavy atom. The van der Waals surface area contributed by atoms with Gasteiger partial charge in [-0.3, -0.25) is 0 Å². The molecule has 3 nitrogen and oxygen atoms in total. The zero-order chi connectivity index (χ0) is 10.6. The van der Waals surface area contributed by atoms with Gasteiger partial charge >= 0.3 is 5.97 Å². The predicted molar refractivity (Wildman–Crippen MR) is 57.5 cm³/mol. The molecule has 0 saturated heterocycles. The summed E-state index contributed by atoms with van der Waals surface area (Å²) in [5, 5.41) is 13.6. The van der Waals surface area contributed by atoms with Crippen molar-refractivity contribution in [1.29, 1.82) is 0 Å². The van der Waals surface area contributed by atoms with Crippen LogP contribution in [0.25, 0.3) is 0 Å². The molecule has 0 aliphatic heterocycles. The standard InChI is InChI=1S/C10H13NO2S/c1-7-3-4-14-9(7)6-11-5-8(2)10(12)13/h3-4,11H,2,5-6H2,1H3,(H,12,13). The normalized spacial score (nSPS) is 10.1. The van der Waals surface area contributed by atoms with E-state index in [4.69, 9.17) is 5.11 Å². The van der Waals surface area contributed by atoms with E-state index in [-0.39, 0.29) is 5.57 Å². The Kier molecular flexibility index (Phi) is 3.85. The number of nitrogens with one attached hydrogen (secondary N) is 1. The molecule has 0 radical (unpaired) electrons. The Balaban J connectivity index is 2.32. The van der Waals surface area contributed by atoms with Crippen LogP contribution in [0, 0.1) is 6.92 Å². The maximum atomic E-state index is 10.4. The van der Waals surface area contributed by atoms with Crippen LogP contribution in [0.1, 0.15) is 10.4 Å². The number of carbonyl (C=O) groups is 1. The van der Waals surface area contributed by atoms with Crippen molar-refractivity contribution in [3.05, 3.63) is 34.0 Å². The monoisotopic (exact) mass is 211 g/mol. The first kappa shape index (κ1) is 10.9. The van der Waals surface area contributed by atoms with Gasteiger partial charge in [0, 0.05) is 23.5 Å². The summed E-state index contributed by atoms with van der Waals surface area (Å²) >= 11 is 1.67. The predicted octanol–water partition coefficient (Wildman–Crippen LogP) is 1.79. The molecular formula is C10H13NO2S. The second-order valence-corrected chi connectivity index (χ2v) is 4.04. The minimum atomic E-state index is -0.944. The minimum absolute atomic E-state index is 0.194. The second kappa shape index (κ2) is 4.93. The third-order valence-corrected chi connectivity index (χ3v) is 2.92. The third-order valence-electron chi connectivity index (χ3n) is 1.89. The summed E-state index contributed by atoms with van der Waals surface area (Å²) in [5.41, 5.74) is 1.43. The largest absolute Gasteiger partial charge is 0.478 e. The van der Waals surface area contributed by atoms with Crippen LogP contribution in [0.3, 0.4) is 0 Å². The van der Waals surface area contributed by atoms with Crippen molar-refractivity contribution in [1.82, 2.24) is 5.32 Å². The van der Waals surface area contributed by atoms with Crippen molar-refractivity contribution in [2.75, 3.05) is 6.54 Å². The fraction of sp³-hybridized carbons (Fsp3) is 0.300. The first-order chi connectivity index (χ1) is 6.61. The van der Waals surface area contributed by atoms with Crippen molar-refractivity contribution in [3.63, 3.8) is 0 Å². The van der Waals surface area contributed by atoms with Gasteiger partial charge < -0.3 is 10.4 Å². The Bertz CT molecular complexity index is 344. The molecule has 76 valence electrons. The molecule has 0 bridgehead atoms. The quantitative estimate of drug-likeness (QED) is 0.730. The highest BCUT2D eigenvalue weighted by atomic mass is 32.1. The average molecular weight is 211 g/mol. The summed E-state index contributed by atoms with van der Waals surface area (Å²) in [5.74, 6) is -0.944. The zero-order valence-corrected chi connectivity index (χ0v) is 8.86. The molecule has 0 aromatic carbocycles. The number of rotatable bonds is 5. The molecule has 1 heterocycles. The highest BCUT2D eigenvalue weighted by Gasteiger charge is 2.03. The van der Waals surface area contributed by atoms with Gasteiger partial charge in [-0.1, -0.05) is 6.58 Å². The molecule has 14 heavy (non-hydrogen) atoms. The maximum Gasteiger partial charge on any atom is 0.332 e. The van der Waals surface area contributed by atoms with Gasteiger partial charge in [-0.2, -0.15) is 0 Å². The van der Waals surface area contributed by atoms with Gasteiger partial charge in [-0.15, -0.1) is 11.3 Å². The highest BCUT2D eigenvalue weighted by molar-refractivity contribution is 7.10. The van der Waals surface area contributed by atoms with Crippen LogP contribution in [-0.2, 0) is 11.3 Å². The van der Waals surface area contributed by atoms with E-state index in [1.54, 1.807) is 11.3 Å². The Hall–Kier alpha value is -1.13. The Morgan fingerprint density at radius 2 is 2.43 bits per heavy atom. The van der Waals surface area contributed by atoms with E-state index in [0.717, 1.165) is 0 Å². The van der Waals surface area contributed by atoms with E-state index >= 15 is 0 Å². The zero-order valence-electron chi connectivity index (χ0n) is 8.04. The van der Waals surface area contributed by atoms with Gasteiger partial charge in [0.1, 0.15) is 0 Å². The lowest BCUT2D eigenvalue weighted by Crippen LogP contribution is -2.19. The molecule has 0 unspecified atom stereocenters. The summed E-state index contributed by atoms with van der Waals surface area (Å²) in [6.45, 7) is 6.51. The molecule has 0 atom stereocenters. The van der Waals surface area contributed by atoms with Gasteiger partial charge in [0.25, 0.3) is 0 Å². The SMILES string of the molecule is C=C(CNCc1sccc1C)C(=O)O. The summed E-state index contributed by atoms with van der Waals surface area (Å²) in [4.78, 5) is 11.7. The molecule has 0 amide bonds. The van der Waals surface area contributed by atoms with Crippen molar-refractivity contribution in [3.8, 4) is 0 Å². The molecule has 1 rings (SSSR count). The molecule has 0 aliphatic carbocycles. The number of carboxylic acids is 1. The van der Waals surface area contributed by atoms with Crippen LogP contribution in [0.4, 0.5) is 0 Å². The van der Waals surface area contributed by atoms with Crippen LogP contribution in [0.2, 0.25) is 0 Å². The summed E-state index contributed by atoms with van der Waals surface area (Å²) in [6.07, 6.45) is 0. The molecule has 0 fully saturated rings. The van der Waals surface area contributed by atoms with Crippen molar-refractivity contribution < 1.29 is 9.90 Å². The first-order valence-electron chi connectivity index (χ1n) is 4.26. The number of aryl methyl sites for hydroxylation is 1. The van der Waals surface area contributed by atoms with Gasteiger partial charge in [0.15, 0.2) is 0 Å². The van der Waals surface area contributed by atoms with E-state index in [9.17, 15) is 4.79 Å². The smallest absolute Gasteiger partial charge is 0.332 e. The van der Waals surface area contributed by atoms with Gasteiger partial charge in [0.05, 0.1) is 0 Å². The Labute approximate surface area is 87.1 Å². The molecular weight excluding hydrogens is 198 g/mol. The second-order valence-electron chi connectivity index (χ2n) is 3.04. The topological polar surface area (TPSA) is 49.3 Å². The lowest BCUT2D eigenvalue weighted by atomic mass is 10.2. The molecule has 0 aliphatic rings. The van der Waals surface area contributed by atoms with Crippen LogP contribution in [-0.4, -0.2) is 17.6 Å². The lowest BCUT2D eigenvalue weighted by Gasteiger charge is -2.03. The first-order valence-corrected chi connectivity index (χ1v) is 5.14. The van der Waals surface area contributed by atoms with Gasteiger partial charge in [-0.05, 0) is 23.9 Å². The number of carboxylic acid groups (broad SMARTS) is 1. The van der Waals surface area contributed by atoms with E-state index in [1.165, 1.54) is 10.4 Å². The van der Waals surface area contributed by atoms with Crippen LogP contribution in [0.15, 0.2) is 23.6 Å². The molecule has 0 spiro atoms. The summed E-state index contributed by atoms with van der Waals surface area (Å²) in [7, 11) is 0. The van der Waals surface area contributed by atoms with Crippen LogP contribution < -0.4 is 5.32 Å². The highest BCUT2D eigenvalue weighted by Crippen LogP contribution is 2.14. The minimum Gasteiger partial charge on any atom is -0.478 e. The van der Waals surface area contributed by atoms with Crippen molar-refractivity contribution >= 4 is 17.3 Å². The molecule has 1 aromatic rings.